The van der Waals surface area contributed by atoms with E-state index in [9.17, 15) is 4.39 Å². The standard InChI is InChI=1S/C21H15ClFN5/c22-16-2-3-18(23)17(7-16)21-20(27-11-28-21)12-1-4-19-13(5-12)6-14(10-26-19)15(8-24)9-25/h1-11,24H,25H2,(H,27,28)/b15-9+,24-8?. The Morgan fingerprint density at radius 3 is 2.79 bits per heavy atom. The minimum Gasteiger partial charge on any atom is -0.404 e. The Morgan fingerprint density at radius 2 is 2.00 bits per heavy atom. The number of benzene rings is 2. The van der Waals surface area contributed by atoms with E-state index in [-0.39, 0.29) is 5.82 Å². The first-order chi connectivity index (χ1) is 13.6. The summed E-state index contributed by atoms with van der Waals surface area (Å²) < 4.78 is 14.3. The summed E-state index contributed by atoms with van der Waals surface area (Å²) in [5.74, 6) is -0.386. The lowest BCUT2D eigenvalue weighted by atomic mass is 10.0. The predicted octanol–water partition coefficient (Wildman–Crippen LogP) is 5.03. The van der Waals surface area contributed by atoms with Crippen molar-refractivity contribution in [2.45, 2.75) is 0 Å². The van der Waals surface area contributed by atoms with Crippen LogP contribution in [0.5, 0.6) is 0 Å². The second-order valence-corrected chi connectivity index (χ2v) is 6.58. The smallest absolute Gasteiger partial charge is 0.132 e. The number of fused-ring (bicyclic) bond motifs is 1. The average molecular weight is 392 g/mol. The summed E-state index contributed by atoms with van der Waals surface area (Å²) in [6.07, 6.45) is 5.75. The van der Waals surface area contributed by atoms with Crippen molar-refractivity contribution in [3.8, 4) is 22.5 Å². The van der Waals surface area contributed by atoms with Crippen molar-refractivity contribution in [2.24, 2.45) is 5.73 Å². The summed E-state index contributed by atoms with van der Waals surface area (Å²) in [5.41, 5.74) is 9.98. The molecule has 0 radical (unpaired) electrons. The molecule has 0 amide bonds. The van der Waals surface area contributed by atoms with E-state index in [0.29, 0.717) is 27.5 Å². The number of nitrogens with one attached hydrogen (secondary N) is 2. The molecule has 0 aliphatic heterocycles. The fraction of sp³-hybridized carbons (Fsp3) is 0. The van der Waals surface area contributed by atoms with Crippen molar-refractivity contribution in [1.82, 2.24) is 15.0 Å². The van der Waals surface area contributed by atoms with E-state index >= 15 is 0 Å². The molecule has 0 fully saturated rings. The predicted molar refractivity (Wildman–Crippen MR) is 111 cm³/mol. The third kappa shape index (κ3) is 3.14. The molecule has 138 valence electrons. The van der Waals surface area contributed by atoms with Gasteiger partial charge in [-0.05, 0) is 36.4 Å². The van der Waals surface area contributed by atoms with Gasteiger partial charge in [-0.2, -0.15) is 0 Å². The second-order valence-electron chi connectivity index (χ2n) is 6.15. The monoisotopic (exact) mass is 391 g/mol. The van der Waals surface area contributed by atoms with Crippen molar-refractivity contribution in [3.63, 3.8) is 0 Å². The lowest BCUT2D eigenvalue weighted by molar-refractivity contribution is 0.631. The third-order valence-electron chi connectivity index (χ3n) is 4.46. The molecule has 5 nitrogen and oxygen atoms in total. The van der Waals surface area contributed by atoms with Crippen LogP contribution < -0.4 is 5.73 Å². The molecule has 0 spiro atoms. The van der Waals surface area contributed by atoms with E-state index in [0.717, 1.165) is 22.0 Å². The van der Waals surface area contributed by atoms with Crippen LogP contribution in [0.3, 0.4) is 0 Å². The molecular formula is C21H15ClFN5. The fourth-order valence-corrected chi connectivity index (χ4v) is 3.24. The number of hydrogen-bond donors (Lipinski definition) is 3. The van der Waals surface area contributed by atoms with E-state index < -0.39 is 0 Å². The van der Waals surface area contributed by atoms with Gasteiger partial charge in [-0.3, -0.25) is 4.98 Å². The first kappa shape index (κ1) is 17.9. The Kier molecular flexibility index (Phi) is 4.63. The summed E-state index contributed by atoms with van der Waals surface area (Å²) in [4.78, 5) is 11.8. The molecule has 7 heteroatoms. The molecule has 28 heavy (non-hydrogen) atoms. The SMILES string of the molecule is N=C/C(=C\N)c1cnc2ccc(-c3nc[nH]c3-c3cc(Cl)ccc3F)cc2c1. The van der Waals surface area contributed by atoms with Crippen molar-refractivity contribution in [1.29, 1.82) is 5.41 Å². The van der Waals surface area contributed by atoms with Crippen LogP contribution >= 0.6 is 11.6 Å². The maximum Gasteiger partial charge on any atom is 0.132 e. The van der Waals surface area contributed by atoms with E-state index in [1.807, 2.05) is 24.3 Å². The lowest BCUT2D eigenvalue weighted by Crippen LogP contribution is -1.93. The van der Waals surface area contributed by atoms with Crippen molar-refractivity contribution < 1.29 is 4.39 Å². The molecule has 0 saturated heterocycles. The molecule has 4 aromatic rings. The highest BCUT2D eigenvalue weighted by molar-refractivity contribution is 6.30. The van der Waals surface area contributed by atoms with Gasteiger partial charge < -0.3 is 16.1 Å². The molecule has 2 aromatic carbocycles. The normalized spacial score (nSPS) is 11.7. The number of aromatic nitrogens is 3. The topological polar surface area (TPSA) is 91.4 Å². The molecule has 2 aromatic heterocycles. The summed E-state index contributed by atoms with van der Waals surface area (Å²) >= 11 is 6.04. The number of allylic oxidation sites excluding steroid dienone is 1. The summed E-state index contributed by atoms with van der Waals surface area (Å²) in [6.45, 7) is 0. The van der Waals surface area contributed by atoms with Crippen molar-refractivity contribution >= 4 is 34.3 Å². The second kappa shape index (κ2) is 7.25. The van der Waals surface area contributed by atoms with Crippen LogP contribution in [0.4, 0.5) is 4.39 Å². The van der Waals surface area contributed by atoms with Gasteiger partial charge in [-0.1, -0.05) is 17.7 Å². The van der Waals surface area contributed by atoms with Gasteiger partial charge >= 0.3 is 0 Å². The largest absolute Gasteiger partial charge is 0.404 e. The first-order valence-electron chi connectivity index (χ1n) is 8.42. The molecule has 0 bridgehead atoms. The molecule has 2 heterocycles. The molecule has 0 atom stereocenters. The number of halogens is 2. The van der Waals surface area contributed by atoms with Gasteiger partial charge in [0, 0.05) is 51.3 Å². The van der Waals surface area contributed by atoms with Gasteiger partial charge in [-0.15, -0.1) is 0 Å². The Morgan fingerprint density at radius 1 is 1.14 bits per heavy atom. The van der Waals surface area contributed by atoms with E-state index in [1.54, 1.807) is 12.3 Å². The third-order valence-corrected chi connectivity index (χ3v) is 4.70. The van der Waals surface area contributed by atoms with Crippen LogP contribution in [0.1, 0.15) is 5.56 Å². The van der Waals surface area contributed by atoms with Gasteiger partial charge in [-0.25, -0.2) is 9.37 Å². The fourth-order valence-electron chi connectivity index (χ4n) is 3.07. The van der Waals surface area contributed by atoms with Crippen LogP contribution in [0.25, 0.3) is 39.0 Å². The zero-order valence-corrected chi connectivity index (χ0v) is 15.3. The van der Waals surface area contributed by atoms with Crippen LogP contribution in [0, 0.1) is 11.2 Å². The molecular weight excluding hydrogens is 377 g/mol. The highest BCUT2D eigenvalue weighted by Crippen LogP contribution is 2.33. The summed E-state index contributed by atoms with van der Waals surface area (Å²) in [5, 5.41) is 8.76. The van der Waals surface area contributed by atoms with Crippen LogP contribution in [0.2, 0.25) is 5.02 Å². The molecule has 0 aliphatic carbocycles. The number of aromatic amines is 1. The summed E-state index contributed by atoms with van der Waals surface area (Å²) in [7, 11) is 0. The minimum atomic E-state index is -0.386. The highest BCUT2D eigenvalue weighted by Gasteiger charge is 2.15. The average Bonchev–Trinajstić information content (AvgIpc) is 3.20. The number of H-pyrrole nitrogens is 1. The van der Waals surface area contributed by atoms with Crippen LogP contribution in [0.15, 0.2) is 61.2 Å². The molecule has 4 rings (SSSR count). The number of pyridine rings is 1. The number of imidazole rings is 1. The summed E-state index contributed by atoms with van der Waals surface area (Å²) in [6, 6.07) is 12.0. The van der Waals surface area contributed by atoms with Crippen LogP contribution in [-0.2, 0) is 0 Å². The van der Waals surface area contributed by atoms with Gasteiger partial charge in [0.15, 0.2) is 0 Å². The van der Waals surface area contributed by atoms with Gasteiger partial charge in [0.25, 0.3) is 0 Å². The molecule has 0 saturated carbocycles. The Balaban J connectivity index is 1.86. The Hall–Kier alpha value is -3.51. The minimum absolute atomic E-state index is 0.351. The Labute approximate surface area is 165 Å². The maximum absolute atomic E-state index is 14.3. The number of rotatable bonds is 4. The molecule has 0 unspecified atom stereocenters. The quantitative estimate of drug-likeness (QED) is 0.426. The number of hydrogen-bond acceptors (Lipinski definition) is 4. The number of nitrogens with two attached hydrogens (primary N) is 1. The lowest BCUT2D eigenvalue weighted by Gasteiger charge is -2.08. The Bertz CT molecular complexity index is 1230. The zero-order chi connectivity index (χ0) is 19.7. The van der Waals surface area contributed by atoms with Gasteiger partial charge in [0.2, 0.25) is 0 Å². The van der Waals surface area contributed by atoms with Gasteiger partial charge in [0.1, 0.15) is 5.82 Å². The van der Waals surface area contributed by atoms with Crippen LogP contribution in [-0.4, -0.2) is 21.2 Å². The maximum atomic E-state index is 14.3. The zero-order valence-electron chi connectivity index (χ0n) is 14.6. The van der Waals surface area contributed by atoms with E-state index in [1.165, 1.54) is 30.9 Å². The highest BCUT2D eigenvalue weighted by atomic mass is 35.5. The first-order valence-corrected chi connectivity index (χ1v) is 8.80. The van der Waals surface area contributed by atoms with Crippen molar-refractivity contribution in [3.05, 3.63) is 77.6 Å². The van der Waals surface area contributed by atoms with Crippen molar-refractivity contribution in [2.75, 3.05) is 0 Å². The number of nitrogens with zero attached hydrogens (tertiary/aromatic N) is 2. The molecule has 0 aliphatic rings. The van der Waals surface area contributed by atoms with E-state index in [2.05, 4.69) is 15.0 Å². The molecule has 4 N–H and O–H groups in total. The van der Waals surface area contributed by atoms with E-state index in [4.69, 9.17) is 22.7 Å². The van der Waals surface area contributed by atoms with Gasteiger partial charge in [0.05, 0.1) is 23.2 Å².